The zero-order valence-corrected chi connectivity index (χ0v) is 11.7. The van der Waals surface area contributed by atoms with Crippen molar-refractivity contribution in [2.75, 3.05) is 18.4 Å². The molecule has 2 N–H and O–H groups in total. The highest BCUT2D eigenvalue weighted by atomic mass is 19.4. The number of rotatable bonds is 3. The van der Waals surface area contributed by atoms with Gasteiger partial charge in [-0.1, -0.05) is 24.3 Å². The molecule has 0 amide bonds. The summed E-state index contributed by atoms with van der Waals surface area (Å²) in [5.74, 6) is 0.331. The summed E-state index contributed by atoms with van der Waals surface area (Å²) < 4.78 is 37.3. The van der Waals surface area contributed by atoms with Crippen molar-refractivity contribution in [3.8, 4) is 0 Å². The van der Waals surface area contributed by atoms with Gasteiger partial charge in [-0.2, -0.15) is 13.2 Å². The van der Waals surface area contributed by atoms with Crippen molar-refractivity contribution in [2.45, 2.75) is 18.6 Å². The van der Waals surface area contributed by atoms with Crippen molar-refractivity contribution >= 4 is 5.82 Å². The third-order valence-electron chi connectivity index (χ3n) is 3.66. The normalized spacial score (nSPS) is 17.9. The highest BCUT2D eigenvalue weighted by Gasteiger charge is 2.32. The summed E-state index contributed by atoms with van der Waals surface area (Å²) in [4.78, 5) is 0. The summed E-state index contributed by atoms with van der Waals surface area (Å²) in [6, 6.07) is 10.5. The number of hydrogen-bond donors (Lipinski definition) is 2. The van der Waals surface area contributed by atoms with Gasteiger partial charge in [-0.15, -0.1) is 10.2 Å². The summed E-state index contributed by atoms with van der Waals surface area (Å²) >= 11 is 0. The molecule has 116 valence electrons. The van der Waals surface area contributed by atoms with Crippen molar-refractivity contribution in [3.05, 3.63) is 53.2 Å². The molecule has 7 heteroatoms. The van der Waals surface area contributed by atoms with Gasteiger partial charge in [0, 0.05) is 12.6 Å². The van der Waals surface area contributed by atoms with Crippen LogP contribution in [0.3, 0.4) is 0 Å². The van der Waals surface area contributed by atoms with Crippen LogP contribution in [0.1, 0.15) is 22.9 Å². The Morgan fingerprint density at radius 3 is 2.68 bits per heavy atom. The topological polar surface area (TPSA) is 49.8 Å². The van der Waals surface area contributed by atoms with Gasteiger partial charge >= 0.3 is 6.18 Å². The molecule has 2 heterocycles. The number of alkyl halides is 3. The number of aromatic nitrogens is 2. The monoisotopic (exact) mass is 308 g/mol. The fourth-order valence-corrected chi connectivity index (χ4v) is 2.56. The maximum atomic E-state index is 12.4. The van der Waals surface area contributed by atoms with Crippen molar-refractivity contribution in [2.24, 2.45) is 0 Å². The molecular weight excluding hydrogens is 293 g/mol. The molecule has 1 atom stereocenters. The van der Waals surface area contributed by atoms with Crippen LogP contribution in [0.15, 0.2) is 36.4 Å². The van der Waals surface area contributed by atoms with Crippen molar-refractivity contribution in [1.82, 2.24) is 15.5 Å². The quantitative estimate of drug-likeness (QED) is 0.915. The van der Waals surface area contributed by atoms with Crippen LogP contribution in [-0.2, 0) is 12.6 Å². The van der Waals surface area contributed by atoms with Gasteiger partial charge in [0.15, 0.2) is 5.69 Å². The number of halogens is 3. The zero-order chi connectivity index (χ0) is 15.6. The maximum Gasteiger partial charge on any atom is 0.435 e. The van der Waals surface area contributed by atoms with E-state index in [-0.39, 0.29) is 6.04 Å². The van der Waals surface area contributed by atoms with Crippen LogP contribution in [0, 0.1) is 0 Å². The van der Waals surface area contributed by atoms with Crippen molar-refractivity contribution in [1.29, 1.82) is 0 Å². The fraction of sp³-hybridized carbons (Fsp3) is 0.333. The molecule has 22 heavy (non-hydrogen) atoms. The van der Waals surface area contributed by atoms with Gasteiger partial charge in [0.2, 0.25) is 0 Å². The van der Waals surface area contributed by atoms with Crippen LogP contribution in [-0.4, -0.2) is 23.3 Å². The number of benzene rings is 1. The molecule has 0 saturated heterocycles. The summed E-state index contributed by atoms with van der Waals surface area (Å²) in [5.41, 5.74) is 1.52. The first-order valence-electron chi connectivity index (χ1n) is 7.00. The molecule has 1 aromatic carbocycles. The van der Waals surface area contributed by atoms with Gasteiger partial charge in [-0.3, -0.25) is 0 Å². The summed E-state index contributed by atoms with van der Waals surface area (Å²) in [7, 11) is 0. The fourth-order valence-electron chi connectivity index (χ4n) is 2.56. The van der Waals surface area contributed by atoms with E-state index in [1.165, 1.54) is 17.2 Å². The van der Waals surface area contributed by atoms with E-state index in [0.717, 1.165) is 19.0 Å². The minimum atomic E-state index is -4.46. The van der Waals surface area contributed by atoms with Gasteiger partial charge in [-0.05, 0) is 36.2 Å². The van der Waals surface area contributed by atoms with E-state index >= 15 is 0 Å². The molecule has 1 aliphatic heterocycles. The largest absolute Gasteiger partial charge is 0.435 e. The van der Waals surface area contributed by atoms with Crippen LogP contribution in [0.5, 0.6) is 0 Å². The zero-order valence-electron chi connectivity index (χ0n) is 11.7. The molecule has 2 aromatic rings. The molecule has 1 unspecified atom stereocenters. The Bertz CT molecular complexity index is 640. The summed E-state index contributed by atoms with van der Waals surface area (Å²) in [6.45, 7) is 1.42. The number of nitrogens with one attached hydrogen (secondary N) is 2. The Morgan fingerprint density at radius 1 is 1.14 bits per heavy atom. The highest BCUT2D eigenvalue weighted by molar-refractivity contribution is 5.37. The van der Waals surface area contributed by atoms with Crippen LogP contribution in [0.25, 0.3) is 0 Å². The Labute approximate surface area is 125 Å². The smallest absolute Gasteiger partial charge is 0.367 e. The molecule has 0 aliphatic carbocycles. The Kier molecular flexibility index (Phi) is 3.98. The van der Waals surface area contributed by atoms with E-state index in [2.05, 4.69) is 33.0 Å². The number of hydrogen-bond acceptors (Lipinski definition) is 4. The van der Waals surface area contributed by atoms with Gasteiger partial charge in [0.05, 0.1) is 0 Å². The van der Waals surface area contributed by atoms with Crippen LogP contribution >= 0.6 is 0 Å². The molecule has 4 nitrogen and oxygen atoms in total. The predicted octanol–water partition coefficient (Wildman–Crippen LogP) is 2.79. The van der Waals surface area contributed by atoms with Crippen molar-refractivity contribution in [3.63, 3.8) is 0 Å². The van der Waals surface area contributed by atoms with Gasteiger partial charge in [0.1, 0.15) is 5.82 Å². The number of fused-ring (bicyclic) bond motifs is 1. The first-order valence-corrected chi connectivity index (χ1v) is 7.00. The second kappa shape index (κ2) is 5.92. The third kappa shape index (κ3) is 3.19. The van der Waals surface area contributed by atoms with Gasteiger partial charge < -0.3 is 10.6 Å². The van der Waals surface area contributed by atoms with E-state index in [0.29, 0.717) is 12.4 Å². The number of anilines is 1. The van der Waals surface area contributed by atoms with E-state index in [4.69, 9.17) is 0 Å². The minimum Gasteiger partial charge on any atom is -0.367 e. The summed E-state index contributed by atoms with van der Waals surface area (Å²) in [6.07, 6.45) is -3.48. The van der Waals surface area contributed by atoms with E-state index in [1.807, 2.05) is 12.1 Å². The average Bonchev–Trinajstić information content (AvgIpc) is 2.52. The maximum absolute atomic E-state index is 12.4. The van der Waals surface area contributed by atoms with E-state index in [9.17, 15) is 13.2 Å². The third-order valence-corrected chi connectivity index (χ3v) is 3.66. The minimum absolute atomic E-state index is 0.106. The van der Waals surface area contributed by atoms with E-state index < -0.39 is 11.9 Å². The number of nitrogens with zero attached hydrogens (tertiary/aromatic N) is 2. The molecule has 0 spiro atoms. The van der Waals surface area contributed by atoms with Crippen LogP contribution < -0.4 is 10.6 Å². The van der Waals surface area contributed by atoms with Gasteiger partial charge in [0.25, 0.3) is 0 Å². The Balaban J connectivity index is 1.66. The molecule has 0 bridgehead atoms. The lowest BCUT2D eigenvalue weighted by Gasteiger charge is -2.27. The highest BCUT2D eigenvalue weighted by Crippen LogP contribution is 2.27. The molecule has 0 radical (unpaired) electrons. The molecular formula is C15H15F3N4. The van der Waals surface area contributed by atoms with Crippen LogP contribution in [0.4, 0.5) is 19.0 Å². The van der Waals surface area contributed by atoms with Crippen LogP contribution in [0.2, 0.25) is 0 Å². The lowest BCUT2D eigenvalue weighted by atomic mass is 9.94. The molecule has 1 aromatic heterocycles. The molecule has 3 rings (SSSR count). The second-order valence-electron chi connectivity index (χ2n) is 5.14. The van der Waals surface area contributed by atoms with Gasteiger partial charge in [-0.25, -0.2) is 0 Å². The SMILES string of the molecule is FC(F)(F)c1ccc(NCC2NCCc3ccccc32)nn1. The first kappa shape index (κ1) is 14.8. The molecule has 0 saturated carbocycles. The lowest BCUT2D eigenvalue weighted by Crippen LogP contribution is -2.34. The Morgan fingerprint density at radius 2 is 1.95 bits per heavy atom. The Hall–Kier alpha value is -2.15. The van der Waals surface area contributed by atoms with Crippen molar-refractivity contribution < 1.29 is 13.2 Å². The van der Waals surface area contributed by atoms with E-state index in [1.54, 1.807) is 0 Å². The average molecular weight is 308 g/mol. The molecule has 1 aliphatic rings. The lowest BCUT2D eigenvalue weighted by molar-refractivity contribution is -0.141. The summed E-state index contributed by atoms with van der Waals surface area (Å²) in [5, 5.41) is 13.2. The standard InChI is InChI=1S/C15H15F3N4/c16-15(17,18)13-5-6-14(22-21-13)20-9-12-11-4-2-1-3-10(11)7-8-19-12/h1-6,12,19H,7-9H2,(H,20,22). The molecule has 0 fully saturated rings. The first-order chi connectivity index (χ1) is 10.5. The second-order valence-corrected chi connectivity index (χ2v) is 5.14. The predicted molar refractivity (Wildman–Crippen MR) is 76.4 cm³/mol.